The second-order valence-corrected chi connectivity index (χ2v) is 6.47. The van der Waals surface area contributed by atoms with Crippen molar-refractivity contribution in [2.75, 3.05) is 7.11 Å². The van der Waals surface area contributed by atoms with Gasteiger partial charge in [-0.15, -0.1) is 0 Å². The lowest BCUT2D eigenvalue weighted by molar-refractivity contribution is 0.313. The Morgan fingerprint density at radius 2 is 1.90 bits per heavy atom. The van der Waals surface area contributed by atoms with Crippen molar-refractivity contribution in [1.29, 1.82) is 0 Å². The summed E-state index contributed by atoms with van der Waals surface area (Å²) in [5, 5.41) is 4.01. The number of rotatable bonds is 5. The van der Waals surface area contributed by atoms with Crippen LogP contribution in [0.5, 0.6) is 5.75 Å². The third-order valence-electron chi connectivity index (χ3n) is 3.13. The van der Waals surface area contributed by atoms with Crippen molar-refractivity contribution in [1.82, 2.24) is 10.1 Å². The van der Waals surface area contributed by atoms with E-state index >= 15 is 0 Å². The van der Waals surface area contributed by atoms with E-state index in [1.807, 2.05) is 24.3 Å². The Bertz CT molecular complexity index is 570. The smallest absolute Gasteiger partial charge is 0.228 e. The number of ether oxygens (including phenoxy) is 1. The van der Waals surface area contributed by atoms with Crippen molar-refractivity contribution in [2.45, 2.75) is 39.7 Å². The minimum absolute atomic E-state index is 0.0224. The Morgan fingerprint density at radius 1 is 1.24 bits per heavy atom. The molecule has 2 aromatic rings. The molecule has 1 aromatic heterocycles. The molecular weight excluding hydrogens is 266 g/mol. The monoisotopic (exact) mass is 289 g/mol. The van der Waals surface area contributed by atoms with Gasteiger partial charge in [-0.2, -0.15) is 4.98 Å². The highest BCUT2D eigenvalue weighted by Gasteiger charge is 2.18. The molecular formula is C16H23N3O2. The molecule has 0 saturated heterocycles. The van der Waals surface area contributed by atoms with Gasteiger partial charge in [-0.05, 0) is 36.1 Å². The second-order valence-electron chi connectivity index (χ2n) is 6.47. The minimum Gasteiger partial charge on any atom is -0.497 e. The molecule has 0 bridgehead atoms. The van der Waals surface area contributed by atoms with E-state index in [0.29, 0.717) is 18.1 Å². The van der Waals surface area contributed by atoms with Crippen LogP contribution in [0.3, 0.4) is 0 Å². The fraction of sp³-hybridized carbons (Fsp3) is 0.500. The Balaban J connectivity index is 2.03. The van der Waals surface area contributed by atoms with Gasteiger partial charge in [0, 0.05) is 18.0 Å². The van der Waals surface area contributed by atoms with Crippen LogP contribution in [-0.4, -0.2) is 23.3 Å². The Kier molecular flexibility index (Phi) is 4.63. The van der Waals surface area contributed by atoms with E-state index in [9.17, 15) is 0 Å². The zero-order valence-electron chi connectivity index (χ0n) is 13.1. The van der Waals surface area contributed by atoms with Crippen molar-refractivity contribution in [2.24, 2.45) is 11.1 Å². The summed E-state index contributed by atoms with van der Waals surface area (Å²) in [7, 11) is 1.64. The van der Waals surface area contributed by atoms with E-state index in [1.54, 1.807) is 7.11 Å². The summed E-state index contributed by atoms with van der Waals surface area (Å²) in [5.74, 6) is 1.96. The maximum Gasteiger partial charge on any atom is 0.228 e. The van der Waals surface area contributed by atoms with Crippen LogP contribution in [0.4, 0.5) is 0 Å². The highest BCUT2D eigenvalue weighted by atomic mass is 16.5. The number of nitrogens with two attached hydrogens (primary N) is 1. The average molecular weight is 289 g/mol. The number of benzene rings is 1. The molecule has 114 valence electrons. The molecule has 1 heterocycles. The van der Waals surface area contributed by atoms with Gasteiger partial charge >= 0.3 is 0 Å². The molecule has 1 aromatic carbocycles. The predicted molar refractivity (Wildman–Crippen MR) is 82.0 cm³/mol. The average Bonchev–Trinajstić information content (AvgIpc) is 2.85. The predicted octanol–water partition coefficient (Wildman–Crippen LogP) is 3.05. The summed E-state index contributed by atoms with van der Waals surface area (Å²) in [6.45, 7) is 6.51. The van der Waals surface area contributed by atoms with Crippen LogP contribution in [0.1, 0.15) is 33.1 Å². The highest BCUT2D eigenvalue weighted by Crippen LogP contribution is 2.23. The van der Waals surface area contributed by atoms with Gasteiger partial charge in [0.25, 0.3) is 0 Å². The fourth-order valence-electron chi connectivity index (χ4n) is 2.28. The number of aromatic nitrogens is 2. The number of nitrogens with zero attached hydrogens (tertiary/aromatic N) is 2. The number of hydrogen-bond donors (Lipinski definition) is 1. The van der Waals surface area contributed by atoms with Gasteiger partial charge in [0.2, 0.25) is 11.7 Å². The molecule has 2 rings (SSSR count). The van der Waals surface area contributed by atoms with Crippen molar-refractivity contribution in [3.05, 3.63) is 30.2 Å². The molecule has 0 aliphatic heterocycles. The van der Waals surface area contributed by atoms with E-state index in [-0.39, 0.29) is 11.5 Å². The topological polar surface area (TPSA) is 74.2 Å². The van der Waals surface area contributed by atoms with E-state index < -0.39 is 0 Å². The largest absolute Gasteiger partial charge is 0.497 e. The minimum atomic E-state index is 0.0224. The summed E-state index contributed by atoms with van der Waals surface area (Å²) in [5.41, 5.74) is 7.22. The molecule has 2 N–H and O–H groups in total. The third-order valence-corrected chi connectivity index (χ3v) is 3.13. The first-order chi connectivity index (χ1) is 9.87. The molecule has 0 radical (unpaired) electrons. The molecule has 5 heteroatoms. The standard InChI is InChI=1S/C16H23N3O2/c1-16(2,3)10-12(17)9-14-18-15(19-21-14)11-5-7-13(20-4)8-6-11/h5-8,12H,9-10,17H2,1-4H3. The first-order valence-corrected chi connectivity index (χ1v) is 7.10. The summed E-state index contributed by atoms with van der Waals surface area (Å²) in [6.07, 6.45) is 1.51. The summed E-state index contributed by atoms with van der Waals surface area (Å²) in [4.78, 5) is 4.41. The second kappa shape index (κ2) is 6.26. The lowest BCUT2D eigenvalue weighted by Gasteiger charge is -2.21. The SMILES string of the molecule is COc1ccc(-c2noc(CC(N)CC(C)(C)C)n2)cc1. The molecule has 1 unspecified atom stereocenters. The molecule has 1 atom stereocenters. The van der Waals surface area contributed by atoms with Crippen LogP contribution >= 0.6 is 0 Å². The molecule has 21 heavy (non-hydrogen) atoms. The van der Waals surface area contributed by atoms with Gasteiger partial charge in [-0.1, -0.05) is 25.9 Å². The molecule has 0 aliphatic rings. The van der Waals surface area contributed by atoms with Crippen molar-refractivity contribution >= 4 is 0 Å². The Labute approximate surface area is 125 Å². The van der Waals surface area contributed by atoms with E-state index in [4.69, 9.17) is 15.0 Å². The third kappa shape index (κ3) is 4.56. The summed E-state index contributed by atoms with van der Waals surface area (Å²) >= 11 is 0. The van der Waals surface area contributed by atoms with Gasteiger partial charge in [-0.3, -0.25) is 0 Å². The summed E-state index contributed by atoms with van der Waals surface area (Å²) in [6, 6.07) is 7.58. The number of hydrogen-bond acceptors (Lipinski definition) is 5. The quantitative estimate of drug-likeness (QED) is 0.915. The fourth-order valence-corrected chi connectivity index (χ4v) is 2.28. The van der Waals surface area contributed by atoms with Crippen LogP contribution in [0.2, 0.25) is 0 Å². The van der Waals surface area contributed by atoms with E-state index in [0.717, 1.165) is 17.7 Å². The molecule has 0 aliphatic carbocycles. The van der Waals surface area contributed by atoms with Gasteiger partial charge < -0.3 is 15.0 Å². The Hall–Kier alpha value is -1.88. The van der Waals surface area contributed by atoms with Crippen molar-refractivity contribution < 1.29 is 9.26 Å². The van der Waals surface area contributed by atoms with Crippen molar-refractivity contribution in [3.63, 3.8) is 0 Å². The molecule has 0 saturated carbocycles. The maximum atomic E-state index is 6.13. The van der Waals surface area contributed by atoms with E-state index in [1.165, 1.54) is 0 Å². The maximum absolute atomic E-state index is 6.13. The molecule has 5 nitrogen and oxygen atoms in total. The van der Waals surface area contributed by atoms with Gasteiger partial charge in [-0.25, -0.2) is 0 Å². The summed E-state index contributed by atoms with van der Waals surface area (Å²) < 4.78 is 10.4. The molecule has 0 fully saturated rings. The molecule has 0 spiro atoms. The van der Waals surface area contributed by atoms with Crippen LogP contribution in [0.25, 0.3) is 11.4 Å². The van der Waals surface area contributed by atoms with Crippen LogP contribution in [0, 0.1) is 5.41 Å². The first-order valence-electron chi connectivity index (χ1n) is 7.10. The van der Waals surface area contributed by atoms with Gasteiger partial charge in [0.05, 0.1) is 7.11 Å². The zero-order valence-corrected chi connectivity index (χ0v) is 13.1. The number of methoxy groups -OCH3 is 1. The van der Waals surface area contributed by atoms with Gasteiger partial charge in [0.15, 0.2) is 0 Å². The van der Waals surface area contributed by atoms with Crippen LogP contribution in [0.15, 0.2) is 28.8 Å². The van der Waals surface area contributed by atoms with Crippen LogP contribution < -0.4 is 10.5 Å². The highest BCUT2D eigenvalue weighted by molar-refractivity contribution is 5.55. The lowest BCUT2D eigenvalue weighted by atomic mass is 9.87. The first kappa shape index (κ1) is 15.5. The van der Waals surface area contributed by atoms with Gasteiger partial charge in [0.1, 0.15) is 5.75 Å². The van der Waals surface area contributed by atoms with Crippen molar-refractivity contribution in [3.8, 4) is 17.1 Å². The normalized spacial score (nSPS) is 13.2. The van der Waals surface area contributed by atoms with Crippen LogP contribution in [-0.2, 0) is 6.42 Å². The lowest BCUT2D eigenvalue weighted by Crippen LogP contribution is -2.28. The molecule has 0 amide bonds. The zero-order chi connectivity index (χ0) is 15.5. The van der Waals surface area contributed by atoms with E-state index in [2.05, 4.69) is 30.9 Å². The Morgan fingerprint density at radius 3 is 2.48 bits per heavy atom.